The highest BCUT2D eigenvalue weighted by molar-refractivity contribution is 6.41. The van der Waals surface area contributed by atoms with Crippen molar-refractivity contribution in [2.75, 3.05) is 0 Å². The monoisotopic (exact) mass is 218 g/mol. The van der Waals surface area contributed by atoms with Crippen LogP contribution in [0.25, 0.3) is 11.0 Å². The van der Waals surface area contributed by atoms with Crippen LogP contribution in [0.1, 0.15) is 16.2 Å². The molecule has 0 atom stereocenters. The van der Waals surface area contributed by atoms with Crippen LogP contribution in [0.2, 0.25) is 0 Å². The topological polar surface area (TPSA) is 72.2 Å². The first-order chi connectivity index (χ1) is 7.52. The molecule has 0 amide bonds. The number of aliphatic carboxylic acids is 1. The molecular formula is C11H10N2O3. The van der Waals surface area contributed by atoms with Gasteiger partial charge in [-0.25, -0.2) is 9.78 Å². The Bertz CT molecular complexity index is 599. The molecule has 1 N–H and O–H groups in total. The maximum absolute atomic E-state index is 11.4. The van der Waals surface area contributed by atoms with Gasteiger partial charge < -0.3 is 9.67 Å². The summed E-state index contributed by atoms with van der Waals surface area (Å²) >= 11 is 0. The van der Waals surface area contributed by atoms with Gasteiger partial charge in [0.1, 0.15) is 11.3 Å². The van der Waals surface area contributed by atoms with Crippen molar-refractivity contribution in [1.29, 1.82) is 0 Å². The van der Waals surface area contributed by atoms with Gasteiger partial charge in [0.15, 0.2) is 0 Å². The highest BCUT2D eigenvalue weighted by Crippen LogP contribution is 2.19. The van der Waals surface area contributed by atoms with Crippen LogP contribution in [-0.2, 0) is 11.8 Å². The molecule has 2 aromatic rings. The number of imidazole rings is 1. The van der Waals surface area contributed by atoms with Gasteiger partial charge in [0.25, 0.3) is 5.78 Å². The molecule has 1 aromatic carbocycles. The number of Topliss-reactive ketones (excluding diaryl/α,β-unsaturated/α-hetero) is 1. The van der Waals surface area contributed by atoms with E-state index in [0.717, 1.165) is 11.3 Å². The molecule has 1 aromatic heterocycles. The highest BCUT2D eigenvalue weighted by atomic mass is 16.4. The highest BCUT2D eigenvalue weighted by Gasteiger charge is 2.19. The predicted octanol–water partition coefficient (Wildman–Crippen LogP) is 1.15. The number of para-hydroxylation sites is 1. The van der Waals surface area contributed by atoms with Gasteiger partial charge in [-0.05, 0) is 19.1 Å². The fourth-order valence-electron chi connectivity index (χ4n) is 1.63. The Morgan fingerprint density at radius 3 is 2.69 bits per heavy atom. The van der Waals surface area contributed by atoms with E-state index in [4.69, 9.17) is 5.11 Å². The lowest BCUT2D eigenvalue weighted by atomic mass is 10.1. The molecule has 0 fully saturated rings. The van der Waals surface area contributed by atoms with E-state index in [9.17, 15) is 9.59 Å². The van der Waals surface area contributed by atoms with E-state index in [0.29, 0.717) is 5.52 Å². The number of carbonyl (C=O) groups excluding carboxylic acids is 1. The molecule has 1 heterocycles. The Morgan fingerprint density at radius 2 is 2.06 bits per heavy atom. The van der Waals surface area contributed by atoms with E-state index in [-0.39, 0.29) is 5.56 Å². The number of hydrogen-bond acceptors (Lipinski definition) is 3. The molecule has 0 saturated carbocycles. The van der Waals surface area contributed by atoms with Crippen LogP contribution >= 0.6 is 0 Å². The van der Waals surface area contributed by atoms with Gasteiger partial charge >= 0.3 is 5.97 Å². The van der Waals surface area contributed by atoms with Crippen molar-refractivity contribution in [3.8, 4) is 0 Å². The SMILES string of the molecule is Cc1nc2c(C(=O)C(=O)O)cccc2n1C. The average Bonchev–Trinajstić information content (AvgIpc) is 2.54. The summed E-state index contributed by atoms with van der Waals surface area (Å²) in [6, 6.07) is 4.93. The number of aryl methyl sites for hydroxylation is 2. The second-order valence-corrected chi connectivity index (χ2v) is 3.53. The van der Waals surface area contributed by atoms with E-state index in [1.807, 2.05) is 11.6 Å². The number of nitrogens with zero attached hydrogens (tertiary/aromatic N) is 2. The van der Waals surface area contributed by atoms with Crippen LogP contribution in [0, 0.1) is 6.92 Å². The number of aromatic nitrogens is 2. The number of carboxylic acid groups (broad SMARTS) is 1. The number of carboxylic acids is 1. The summed E-state index contributed by atoms with van der Waals surface area (Å²) in [7, 11) is 1.82. The maximum atomic E-state index is 11.4. The number of ketones is 1. The van der Waals surface area contributed by atoms with Gasteiger partial charge in [0.2, 0.25) is 0 Å². The van der Waals surface area contributed by atoms with Crippen LogP contribution in [0.15, 0.2) is 18.2 Å². The molecule has 0 radical (unpaired) electrons. The zero-order chi connectivity index (χ0) is 11.9. The molecule has 0 aliphatic rings. The minimum atomic E-state index is -1.46. The molecule has 2 rings (SSSR count). The van der Waals surface area contributed by atoms with Gasteiger partial charge in [-0.15, -0.1) is 0 Å². The largest absolute Gasteiger partial charge is 0.475 e. The van der Waals surface area contributed by atoms with Crippen molar-refractivity contribution >= 4 is 22.8 Å². The van der Waals surface area contributed by atoms with Crippen LogP contribution in [0.4, 0.5) is 0 Å². The summed E-state index contributed by atoms with van der Waals surface area (Å²) in [6.45, 7) is 1.80. The second kappa shape index (κ2) is 3.44. The first-order valence-corrected chi connectivity index (χ1v) is 4.72. The number of benzene rings is 1. The second-order valence-electron chi connectivity index (χ2n) is 3.53. The molecule has 0 aliphatic heterocycles. The van der Waals surface area contributed by atoms with Crippen molar-refractivity contribution < 1.29 is 14.7 Å². The predicted molar refractivity (Wildman–Crippen MR) is 57.4 cm³/mol. The summed E-state index contributed by atoms with van der Waals surface area (Å²) < 4.78 is 1.81. The van der Waals surface area contributed by atoms with E-state index >= 15 is 0 Å². The smallest absolute Gasteiger partial charge is 0.377 e. The molecule has 0 spiro atoms. The lowest BCUT2D eigenvalue weighted by molar-refractivity contribution is -0.131. The van der Waals surface area contributed by atoms with Gasteiger partial charge in [-0.1, -0.05) is 6.07 Å². The molecule has 0 aliphatic carbocycles. The molecule has 5 nitrogen and oxygen atoms in total. The first-order valence-electron chi connectivity index (χ1n) is 4.72. The molecule has 82 valence electrons. The van der Waals surface area contributed by atoms with Gasteiger partial charge in [0, 0.05) is 7.05 Å². The minimum absolute atomic E-state index is 0.133. The van der Waals surface area contributed by atoms with E-state index < -0.39 is 11.8 Å². The molecule has 0 saturated heterocycles. The summed E-state index contributed by atoms with van der Waals surface area (Å²) in [5.41, 5.74) is 1.33. The molecule has 0 unspecified atom stereocenters. The lowest BCUT2D eigenvalue weighted by Crippen LogP contribution is -2.13. The van der Waals surface area contributed by atoms with E-state index in [1.54, 1.807) is 19.1 Å². The molecule has 0 bridgehead atoms. The summed E-state index contributed by atoms with van der Waals surface area (Å²) in [4.78, 5) is 26.3. The third-order valence-electron chi connectivity index (χ3n) is 2.57. The average molecular weight is 218 g/mol. The summed E-state index contributed by atoms with van der Waals surface area (Å²) in [6.07, 6.45) is 0. The van der Waals surface area contributed by atoms with Crippen LogP contribution in [0.5, 0.6) is 0 Å². The number of rotatable bonds is 2. The van der Waals surface area contributed by atoms with Crippen LogP contribution < -0.4 is 0 Å². The van der Waals surface area contributed by atoms with Gasteiger partial charge in [-0.2, -0.15) is 0 Å². The van der Waals surface area contributed by atoms with Crippen molar-refractivity contribution in [2.24, 2.45) is 7.05 Å². The number of hydrogen-bond donors (Lipinski definition) is 1. The van der Waals surface area contributed by atoms with Crippen molar-refractivity contribution in [3.05, 3.63) is 29.6 Å². The van der Waals surface area contributed by atoms with Crippen molar-refractivity contribution in [1.82, 2.24) is 9.55 Å². The standard InChI is InChI=1S/C11H10N2O3/c1-6-12-9-7(10(14)11(15)16)4-3-5-8(9)13(6)2/h3-5H,1-2H3,(H,15,16). The third-order valence-corrected chi connectivity index (χ3v) is 2.57. The van der Waals surface area contributed by atoms with Gasteiger partial charge in [-0.3, -0.25) is 4.79 Å². The van der Waals surface area contributed by atoms with E-state index in [2.05, 4.69) is 4.98 Å². The van der Waals surface area contributed by atoms with Crippen LogP contribution in [-0.4, -0.2) is 26.4 Å². The summed E-state index contributed by atoms with van der Waals surface area (Å²) in [5.74, 6) is -1.65. The summed E-state index contributed by atoms with van der Waals surface area (Å²) in [5, 5.41) is 8.69. The molecular weight excluding hydrogens is 208 g/mol. The Labute approximate surface area is 91.3 Å². The quantitative estimate of drug-likeness (QED) is 0.606. The Morgan fingerprint density at radius 1 is 1.38 bits per heavy atom. The number of fused-ring (bicyclic) bond motifs is 1. The van der Waals surface area contributed by atoms with E-state index in [1.165, 1.54) is 6.07 Å². The third kappa shape index (κ3) is 1.37. The maximum Gasteiger partial charge on any atom is 0.377 e. The Balaban J connectivity index is 2.77. The number of carbonyl (C=O) groups is 2. The minimum Gasteiger partial charge on any atom is -0.475 e. The zero-order valence-corrected chi connectivity index (χ0v) is 8.89. The lowest BCUT2D eigenvalue weighted by Gasteiger charge is -1.98. The Kier molecular flexibility index (Phi) is 2.23. The fraction of sp³-hybridized carbons (Fsp3) is 0.182. The normalized spacial score (nSPS) is 10.6. The van der Waals surface area contributed by atoms with Crippen molar-refractivity contribution in [2.45, 2.75) is 6.92 Å². The van der Waals surface area contributed by atoms with Gasteiger partial charge in [0.05, 0.1) is 11.1 Å². The van der Waals surface area contributed by atoms with Crippen molar-refractivity contribution in [3.63, 3.8) is 0 Å². The molecule has 16 heavy (non-hydrogen) atoms. The zero-order valence-electron chi connectivity index (χ0n) is 8.89. The molecule has 5 heteroatoms. The van der Waals surface area contributed by atoms with Crippen LogP contribution in [0.3, 0.4) is 0 Å². The fourth-order valence-corrected chi connectivity index (χ4v) is 1.63. The first kappa shape index (κ1) is 10.4. The Hall–Kier alpha value is -2.17.